The van der Waals surface area contributed by atoms with Crippen LogP contribution in [-0.4, -0.2) is 46.9 Å². The van der Waals surface area contributed by atoms with Gasteiger partial charge in [0.05, 0.1) is 40.9 Å². The SMILES string of the molecule is COc1cc(OC)c(C(=O)c2ccccc2[P](=O)C(=O)c2c(OC)cccc2OC)c(OC)c1. The highest BCUT2D eigenvalue weighted by atomic mass is 31.1. The molecule has 0 amide bonds. The topological polar surface area (TPSA) is 97.4 Å². The fraction of sp³-hybridized carbons (Fsp3) is 0.200. The molecule has 0 aliphatic carbocycles. The minimum atomic E-state index is -2.71. The number of hydrogen-bond donors (Lipinski definition) is 0. The third-order valence-electron chi connectivity index (χ3n) is 5.14. The first-order valence-corrected chi connectivity index (χ1v) is 11.3. The van der Waals surface area contributed by atoms with Crippen LogP contribution in [0.4, 0.5) is 0 Å². The molecule has 9 heteroatoms. The average molecular weight is 483 g/mol. The Bertz CT molecular complexity index is 1200. The van der Waals surface area contributed by atoms with Crippen LogP contribution in [0.5, 0.6) is 28.7 Å². The van der Waals surface area contributed by atoms with Gasteiger partial charge in [-0.25, -0.2) is 0 Å². The molecule has 0 saturated heterocycles. The highest BCUT2D eigenvalue weighted by Gasteiger charge is 2.30. The van der Waals surface area contributed by atoms with Crippen LogP contribution in [0.3, 0.4) is 0 Å². The van der Waals surface area contributed by atoms with E-state index in [1.807, 2.05) is 0 Å². The largest absolute Gasteiger partial charge is 0.496 e. The van der Waals surface area contributed by atoms with Crippen molar-refractivity contribution in [2.45, 2.75) is 0 Å². The predicted octanol–water partition coefficient (Wildman–Crippen LogP) is 4.25. The summed E-state index contributed by atoms with van der Waals surface area (Å²) in [5, 5.41) is 0.0698. The van der Waals surface area contributed by atoms with Gasteiger partial charge in [0.2, 0.25) is 5.78 Å². The van der Waals surface area contributed by atoms with Gasteiger partial charge in [0.15, 0.2) is 7.80 Å². The summed E-state index contributed by atoms with van der Waals surface area (Å²) in [6, 6.07) is 14.1. The maximum atomic E-state index is 13.6. The molecule has 34 heavy (non-hydrogen) atoms. The van der Waals surface area contributed by atoms with Crippen molar-refractivity contribution in [2.24, 2.45) is 0 Å². The number of rotatable bonds is 10. The molecule has 177 valence electrons. The first-order valence-electron chi connectivity index (χ1n) is 10.1. The lowest BCUT2D eigenvalue weighted by atomic mass is 10.0. The fourth-order valence-corrected chi connectivity index (χ4v) is 4.74. The third kappa shape index (κ3) is 4.58. The van der Waals surface area contributed by atoms with E-state index in [-0.39, 0.29) is 45.0 Å². The zero-order valence-corrected chi connectivity index (χ0v) is 20.3. The molecular weight excluding hydrogens is 459 g/mol. The molecular formula is C25H24O8P. The van der Waals surface area contributed by atoms with Crippen LogP contribution in [-0.2, 0) is 4.57 Å². The Morgan fingerprint density at radius 1 is 0.647 bits per heavy atom. The summed E-state index contributed by atoms with van der Waals surface area (Å²) in [6.45, 7) is 0. The second kappa shape index (κ2) is 10.8. The van der Waals surface area contributed by atoms with Crippen molar-refractivity contribution in [3.8, 4) is 28.7 Å². The lowest BCUT2D eigenvalue weighted by molar-refractivity contribution is 0.103. The number of hydrogen-bond acceptors (Lipinski definition) is 8. The third-order valence-corrected chi connectivity index (χ3v) is 6.56. The normalized spacial score (nSPS) is 10.8. The van der Waals surface area contributed by atoms with Crippen LogP contribution in [0.25, 0.3) is 0 Å². The van der Waals surface area contributed by atoms with E-state index in [2.05, 4.69) is 0 Å². The van der Waals surface area contributed by atoms with E-state index in [0.29, 0.717) is 5.75 Å². The summed E-state index contributed by atoms with van der Waals surface area (Å²) in [7, 11) is 4.39. The van der Waals surface area contributed by atoms with Gasteiger partial charge in [-0.3, -0.25) is 14.2 Å². The van der Waals surface area contributed by atoms with Crippen LogP contribution in [0, 0.1) is 0 Å². The molecule has 3 rings (SSSR count). The predicted molar refractivity (Wildman–Crippen MR) is 127 cm³/mol. The van der Waals surface area contributed by atoms with Crippen LogP contribution < -0.4 is 29.0 Å². The maximum Gasteiger partial charge on any atom is 0.254 e. The average Bonchev–Trinajstić information content (AvgIpc) is 2.90. The van der Waals surface area contributed by atoms with Gasteiger partial charge in [0.25, 0.3) is 5.52 Å². The van der Waals surface area contributed by atoms with Crippen molar-refractivity contribution in [1.29, 1.82) is 0 Å². The first-order chi connectivity index (χ1) is 16.4. The second-order valence-corrected chi connectivity index (χ2v) is 8.37. The number of ketones is 1. The fourth-order valence-electron chi connectivity index (χ4n) is 3.48. The summed E-state index contributed by atoms with van der Waals surface area (Å²) in [5.41, 5.74) is -0.495. The van der Waals surface area contributed by atoms with Crippen molar-refractivity contribution in [3.63, 3.8) is 0 Å². The Morgan fingerprint density at radius 2 is 1.18 bits per heavy atom. The maximum absolute atomic E-state index is 13.6. The van der Waals surface area contributed by atoms with Crippen molar-refractivity contribution >= 4 is 24.4 Å². The molecule has 0 aromatic heterocycles. The van der Waals surface area contributed by atoms with Crippen LogP contribution >= 0.6 is 7.80 Å². The smallest absolute Gasteiger partial charge is 0.254 e. The molecule has 1 atom stereocenters. The molecule has 0 heterocycles. The molecule has 1 unspecified atom stereocenters. The molecule has 0 bridgehead atoms. The Morgan fingerprint density at radius 3 is 1.68 bits per heavy atom. The van der Waals surface area contributed by atoms with Crippen molar-refractivity contribution in [2.75, 3.05) is 35.5 Å². The molecule has 0 aliphatic rings. The van der Waals surface area contributed by atoms with Gasteiger partial charge in [-0.05, 0) is 24.3 Å². The van der Waals surface area contributed by atoms with Gasteiger partial charge in [0.1, 0.15) is 39.9 Å². The quantitative estimate of drug-likeness (QED) is 0.312. The van der Waals surface area contributed by atoms with Crippen molar-refractivity contribution in [3.05, 3.63) is 71.3 Å². The van der Waals surface area contributed by atoms with E-state index in [9.17, 15) is 14.2 Å². The van der Waals surface area contributed by atoms with E-state index in [4.69, 9.17) is 23.7 Å². The summed E-state index contributed by atoms with van der Waals surface area (Å²) in [6.07, 6.45) is 0. The standard InChI is InChI=1S/C25H24O8P/c1-29-15-13-19(32-4)22(20(14-15)33-5)24(26)16-9-6-7-12-21(16)34(28)25(27)23-17(30-2)10-8-11-18(23)31-3/h6-14H,1-5H3. The van der Waals surface area contributed by atoms with Crippen LogP contribution in [0.1, 0.15) is 26.3 Å². The Labute approximate surface area is 198 Å². The van der Waals surface area contributed by atoms with Crippen LogP contribution in [0.15, 0.2) is 54.6 Å². The zero-order chi connectivity index (χ0) is 24.8. The molecule has 0 N–H and O–H groups in total. The lowest BCUT2D eigenvalue weighted by Crippen LogP contribution is -2.17. The number of carbonyl (C=O) groups is 2. The Balaban J connectivity index is 2.14. The van der Waals surface area contributed by atoms with Gasteiger partial charge in [0, 0.05) is 17.7 Å². The van der Waals surface area contributed by atoms with Gasteiger partial charge >= 0.3 is 0 Å². The van der Waals surface area contributed by atoms with E-state index in [1.54, 1.807) is 42.5 Å². The number of benzene rings is 3. The van der Waals surface area contributed by atoms with Gasteiger partial charge in [-0.15, -0.1) is 0 Å². The zero-order valence-electron chi connectivity index (χ0n) is 19.4. The van der Waals surface area contributed by atoms with E-state index in [0.717, 1.165) is 0 Å². The Hall–Kier alpha value is -3.90. The minimum Gasteiger partial charge on any atom is -0.496 e. The van der Waals surface area contributed by atoms with E-state index < -0.39 is 19.1 Å². The van der Waals surface area contributed by atoms with Gasteiger partial charge in [-0.1, -0.05) is 18.2 Å². The number of methoxy groups -OCH3 is 5. The van der Waals surface area contributed by atoms with E-state index in [1.165, 1.54) is 47.7 Å². The molecule has 0 saturated carbocycles. The molecule has 8 nitrogen and oxygen atoms in total. The molecule has 1 radical (unpaired) electrons. The summed E-state index contributed by atoms with van der Waals surface area (Å²) in [5.74, 6) is 0.774. The summed E-state index contributed by atoms with van der Waals surface area (Å²) >= 11 is 0. The number of carbonyl (C=O) groups excluding carboxylic acids is 2. The van der Waals surface area contributed by atoms with Gasteiger partial charge < -0.3 is 23.7 Å². The monoisotopic (exact) mass is 483 g/mol. The first kappa shape index (κ1) is 24.7. The van der Waals surface area contributed by atoms with Crippen LogP contribution in [0.2, 0.25) is 0 Å². The highest BCUT2D eigenvalue weighted by Crippen LogP contribution is 2.39. The lowest BCUT2D eigenvalue weighted by Gasteiger charge is -2.16. The highest BCUT2D eigenvalue weighted by molar-refractivity contribution is 7.71. The molecule has 3 aromatic rings. The summed E-state index contributed by atoms with van der Waals surface area (Å²) in [4.78, 5) is 27.0. The molecule has 3 aromatic carbocycles. The minimum absolute atomic E-state index is 0.0375. The Kier molecular flexibility index (Phi) is 7.87. The second-order valence-electron chi connectivity index (χ2n) is 6.89. The summed E-state index contributed by atoms with van der Waals surface area (Å²) < 4.78 is 40.1. The van der Waals surface area contributed by atoms with E-state index >= 15 is 0 Å². The molecule has 0 spiro atoms. The van der Waals surface area contributed by atoms with Crippen molar-refractivity contribution < 1.29 is 37.8 Å². The molecule has 0 aliphatic heterocycles. The van der Waals surface area contributed by atoms with Crippen molar-refractivity contribution in [1.82, 2.24) is 0 Å². The number of ether oxygens (including phenoxy) is 5. The van der Waals surface area contributed by atoms with Gasteiger partial charge in [-0.2, -0.15) is 0 Å². The molecule has 0 fully saturated rings.